The Kier molecular flexibility index (Phi) is 4.38. The molecule has 0 aliphatic heterocycles. The van der Waals surface area contributed by atoms with E-state index in [0.717, 1.165) is 12.5 Å². The van der Waals surface area contributed by atoms with E-state index in [1.165, 1.54) is 12.1 Å². The third kappa shape index (κ3) is 3.82. The zero-order valence-corrected chi connectivity index (χ0v) is 12.9. The second kappa shape index (κ2) is 5.76. The van der Waals surface area contributed by atoms with E-state index in [-0.39, 0.29) is 22.4 Å². The summed E-state index contributed by atoms with van der Waals surface area (Å²) in [6.45, 7) is 4.69. The van der Waals surface area contributed by atoms with E-state index in [4.69, 9.17) is 5.73 Å². The molecular weight excluding hydrogens is 291 g/mol. The number of rotatable bonds is 4. The predicted octanol–water partition coefficient (Wildman–Crippen LogP) is 1.46. The van der Waals surface area contributed by atoms with E-state index in [9.17, 15) is 12.8 Å². The summed E-state index contributed by atoms with van der Waals surface area (Å²) >= 11 is 0. The summed E-state index contributed by atoms with van der Waals surface area (Å²) in [6.07, 6.45) is 0.998. The van der Waals surface area contributed by atoms with E-state index in [0.29, 0.717) is 12.5 Å². The van der Waals surface area contributed by atoms with Crippen LogP contribution in [0.3, 0.4) is 0 Å². The topological polar surface area (TPSA) is 72.2 Å². The van der Waals surface area contributed by atoms with Gasteiger partial charge in [0.1, 0.15) is 5.82 Å². The number of nitrogens with two attached hydrogens (primary N) is 1. The van der Waals surface area contributed by atoms with Crippen LogP contribution >= 0.6 is 0 Å². The van der Waals surface area contributed by atoms with Gasteiger partial charge in [0.2, 0.25) is 10.0 Å². The minimum absolute atomic E-state index is 0.0863. The molecule has 1 atom stereocenters. The lowest BCUT2D eigenvalue weighted by Crippen LogP contribution is -2.27. The van der Waals surface area contributed by atoms with Crippen molar-refractivity contribution in [1.82, 2.24) is 4.72 Å². The molecule has 6 heteroatoms. The molecule has 1 saturated carbocycles. The van der Waals surface area contributed by atoms with Gasteiger partial charge in [0.05, 0.1) is 17.0 Å². The Morgan fingerprint density at radius 1 is 1.48 bits per heavy atom. The molecule has 2 rings (SSSR count). The second-order valence-corrected chi connectivity index (χ2v) is 7.66. The third-order valence-electron chi connectivity index (χ3n) is 3.81. The number of nitrogens with one attached hydrogen (secondary N) is 1. The average molecular weight is 310 g/mol. The first kappa shape index (κ1) is 16.0. The molecule has 1 aliphatic carbocycles. The quantitative estimate of drug-likeness (QED) is 0.827. The van der Waals surface area contributed by atoms with Gasteiger partial charge in [-0.15, -0.1) is 0 Å². The first-order chi connectivity index (χ1) is 9.76. The van der Waals surface area contributed by atoms with Gasteiger partial charge in [0.15, 0.2) is 0 Å². The lowest BCUT2D eigenvalue weighted by atomic mass is 10.1. The van der Waals surface area contributed by atoms with Crippen molar-refractivity contribution < 1.29 is 12.8 Å². The van der Waals surface area contributed by atoms with Crippen LogP contribution in [0.2, 0.25) is 0 Å². The number of halogens is 1. The molecule has 1 unspecified atom stereocenters. The molecule has 1 aromatic carbocycles. The minimum atomic E-state index is -3.69. The maximum atomic E-state index is 13.8. The highest BCUT2D eigenvalue weighted by molar-refractivity contribution is 7.89. The maximum absolute atomic E-state index is 13.8. The van der Waals surface area contributed by atoms with Crippen molar-refractivity contribution in [1.29, 1.82) is 0 Å². The molecule has 0 radical (unpaired) electrons. The number of benzene rings is 1. The molecule has 0 saturated heterocycles. The molecule has 1 aliphatic rings. The second-order valence-electron chi connectivity index (χ2n) is 5.89. The fourth-order valence-corrected chi connectivity index (χ4v) is 3.22. The van der Waals surface area contributed by atoms with Crippen LogP contribution in [-0.4, -0.2) is 21.5 Å². The largest absolute Gasteiger partial charge is 0.320 e. The number of hydrogen-bond donors (Lipinski definition) is 2. The summed E-state index contributed by atoms with van der Waals surface area (Å²) < 4.78 is 40.6. The molecule has 0 spiro atoms. The van der Waals surface area contributed by atoms with Crippen molar-refractivity contribution in [2.75, 3.05) is 13.1 Å². The van der Waals surface area contributed by atoms with Crippen LogP contribution < -0.4 is 10.5 Å². The molecule has 0 aromatic heterocycles. The van der Waals surface area contributed by atoms with Crippen LogP contribution in [0, 0.1) is 29.0 Å². The molecule has 0 amide bonds. The highest BCUT2D eigenvalue weighted by atomic mass is 32.2. The van der Waals surface area contributed by atoms with Crippen molar-refractivity contribution in [3.8, 4) is 11.8 Å². The fraction of sp³-hybridized carbons (Fsp3) is 0.467. The SMILES string of the molecule is CC1(C)CC1CNS(=O)(=O)c1ccc(C#CCN)c(F)c1. The number of hydrogen-bond acceptors (Lipinski definition) is 3. The lowest BCUT2D eigenvalue weighted by molar-refractivity contribution is 0.536. The van der Waals surface area contributed by atoms with E-state index in [1.807, 2.05) is 0 Å². The third-order valence-corrected chi connectivity index (χ3v) is 5.23. The standard InChI is InChI=1S/C15H19FN2O2S/c1-15(2)9-12(15)10-18-21(19,20)13-6-5-11(4-3-7-17)14(16)8-13/h5-6,8,12,18H,7,9-10,17H2,1-2H3. The normalized spacial score (nSPS) is 19.7. The monoisotopic (exact) mass is 310 g/mol. The first-order valence-corrected chi connectivity index (χ1v) is 8.23. The zero-order chi connectivity index (χ0) is 15.7. The van der Waals surface area contributed by atoms with Gasteiger partial charge < -0.3 is 5.73 Å². The van der Waals surface area contributed by atoms with Crippen molar-refractivity contribution in [2.45, 2.75) is 25.2 Å². The van der Waals surface area contributed by atoms with Crippen LogP contribution in [0.1, 0.15) is 25.8 Å². The van der Waals surface area contributed by atoms with Crippen molar-refractivity contribution in [3.05, 3.63) is 29.6 Å². The summed E-state index contributed by atoms with van der Waals surface area (Å²) in [4.78, 5) is -0.0863. The highest BCUT2D eigenvalue weighted by Gasteiger charge is 2.45. The van der Waals surface area contributed by atoms with E-state index in [1.54, 1.807) is 0 Å². The van der Waals surface area contributed by atoms with Crippen molar-refractivity contribution in [2.24, 2.45) is 17.1 Å². The smallest absolute Gasteiger partial charge is 0.240 e. The maximum Gasteiger partial charge on any atom is 0.240 e. The molecule has 21 heavy (non-hydrogen) atoms. The van der Waals surface area contributed by atoms with Gasteiger partial charge in [0.25, 0.3) is 0 Å². The Labute approximate surface area is 125 Å². The molecule has 1 aromatic rings. The molecular formula is C15H19FN2O2S. The molecule has 4 nitrogen and oxygen atoms in total. The Bertz CT molecular complexity index is 702. The van der Waals surface area contributed by atoms with Gasteiger partial charge in [-0.3, -0.25) is 0 Å². The van der Waals surface area contributed by atoms with Crippen LogP contribution in [0.15, 0.2) is 23.1 Å². The molecule has 0 heterocycles. The summed E-state index contributed by atoms with van der Waals surface area (Å²) in [5, 5.41) is 0. The summed E-state index contributed by atoms with van der Waals surface area (Å²) in [5.41, 5.74) is 5.55. The Hall–Kier alpha value is -1.42. The van der Waals surface area contributed by atoms with Crippen LogP contribution in [0.4, 0.5) is 4.39 Å². The molecule has 1 fully saturated rings. The molecule has 3 N–H and O–H groups in total. The van der Waals surface area contributed by atoms with Gasteiger partial charge in [-0.25, -0.2) is 17.5 Å². The fourth-order valence-electron chi connectivity index (χ4n) is 2.13. The van der Waals surface area contributed by atoms with Crippen LogP contribution in [0.25, 0.3) is 0 Å². The average Bonchev–Trinajstić information content (AvgIpc) is 3.03. The summed E-state index contributed by atoms with van der Waals surface area (Å²) in [5.74, 6) is 4.77. The Morgan fingerprint density at radius 3 is 2.67 bits per heavy atom. The minimum Gasteiger partial charge on any atom is -0.320 e. The van der Waals surface area contributed by atoms with E-state index < -0.39 is 15.8 Å². The Balaban J connectivity index is 2.11. The molecule has 114 valence electrons. The van der Waals surface area contributed by atoms with Crippen molar-refractivity contribution in [3.63, 3.8) is 0 Å². The first-order valence-electron chi connectivity index (χ1n) is 6.74. The van der Waals surface area contributed by atoms with E-state index >= 15 is 0 Å². The van der Waals surface area contributed by atoms with Gasteiger partial charge in [-0.1, -0.05) is 25.7 Å². The summed E-state index contributed by atoms with van der Waals surface area (Å²) in [7, 11) is -3.69. The van der Waals surface area contributed by atoms with Gasteiger partial charge in [-0.2, -0.15) is 0 Å². The van der Waals surface area contributed by atoms with Gasteiger partial charge in [-0.05, 0) is 36.0 Å². The Morgan fingerprint density at radius 2 is 2.14 bits per heavy atom. The lowest BCUT2D eigenvalue weighted by Gasteiger charge is -2.08. The van der Waals surface area contributed by atoms with Crippen molar-refractivity contribution >= 4 is 10.0 Å². The van der Waals surface area contributed by atoms with Gasteiger partial charge in [0, 0.05) is 6.54 Å². The highest BCUT2D eigenvalue weighted by Crippen LogP contribution is 2.51. The predicted molar refractivity (Wildman–Crippen MR) is 79.4 cm³/mol. The summed E-state index contributed by atoms with van der Waals surface area (Å²) in [6, 6.07) is 3.69. The van der Waals surface area contributed by atoms with E-state index in [2.05, 4.69) is 30.4 Å². The zero-order valence-electron chi connectivity index (χ0n) is 12.1. The number of sulfonamides is 1. The molecule has 0 bridgehead atoms. The van der Waals surface area contributed by atoms with Crippen LogP contribution in [-0.2, 0) is 10.0 Å². The van der Waals surface area contributed by atoms with Crippen LogP contribution in [0.5, 0.6) is 0 Å². The van der Waals surface area contributed by atoms with Gasteiger partial charge >= 0.3 is 0 Å².